The van der Waals surface area contributed by atoms with E-state index < -0.39 is 5.91 Å². The molecule has 3 heterocycles. The molecule has 12 nitrogen and oxygen atoms in total. The molecule has 0 spiro atoms. The Kier molecular flexibility index (Phi) is 5.82. The summed E-state index contributed by atoms with van der Waals surface area (Å²) in [5.41, 5.74) is 2.41. The number of carbonyl (C=O) groups excluding carboxylic acids is 2. The number of hydrogen-bond donors (Lipinski definition) is 2. The molecule has 5 rings (SSSR count). The van der Waals surface area contributed by atoms with E-state index in [1.54, 1.807) is 60.5 Å². The predicted molar refractivity (Wildman–Crippen MR) is 126 cm³/mol. The van der Waals surface area contributed by atoms with Crippen molar-refractivity contribution in [1.82, 2.24) is 39.8 Å². The van der Waals surface area contributed by atoms with Crippen molar-refractivity contribution in [3.05, 3.63) is 90.5 Å². The highest BCUT2D eigenvalue weighted by Gasteiger charge is 2.13. The lowest BCUT2D eigenvalue weighted by Gasteiger charge is -2.07. The molecule has 12 heteroatoms. The van der Waals surface area contributed by atoms with E-state index in [9.17, 15) is 9.59 Å². The lowest BCUT2D eigenvalue weighted by atomic mass is 10.2. The summed E-state index contributed by atoms with van der Waals surface area (Å²) in [6, 6.07) is 19.5. The minimum atomic E-state index is -0.395. The summed E-state index contributed by atoms with van der Waals surface area (Å²) in [5, 5.41) is 26.4. The van der Waals surface area contributed by atoms with Gasteiger partial charge in [0.2, 0.25) is 5.82 Å². The number of anilines is 2. The van der Waals surface area contributed by atoms with Crippen LogP contribution in [0.5, 0.6) is 0 Å². The molecule has 0 fully saturated rings. The molecule has 0 aliphatic heterocycles. The molecule has 0 saturated carbocycles. The van der Waals surface area contributed by atoms with Crippen LogP contribution in [-0.2, 0) is 13.7 Å². The zero-order valence-electron chi connectivity index (χ0n) is 18.6. The summed E-state index contributed by atoms with van der Waals surface area (Å²) in [6.07, 6.45) is 3.34. The van der Waals surface area contributed by atoms with Crippen molar-refractivity contribution in [2.45, 2.75) is 6.67 Å². The SMILES string of the molecule is Cn1ccc(C(=O)Nc2cccc(NC(=O)c3ccn(Cn4nnc(-c5ccccc5)n4)n3)c2)n1. The van der Waals surface area contributed by atoms with Crippen LogP contribution >= 0.6 is 0 Å². The van der Waals surface area contributed by atoms with Gasteiger partial charge in [0.25, 0.3) is 11.8 Å². The quantitative estimate of drug-likeness (QED) is 0.374. The van der Waals surface area contributed by atoms with Gasteiger partial charge in [-0.15, -0.1) is 15.0 Å². The van der Waals surface area contributed by atoms with Gasteiger partial charge in [0.05, 0.1) is 0 Å². The van der Waals surface area contributed by atoms with Crippen LogP contribution < -0.4 is 10.6 Å². The molecule has 0 radical (unpaired) electrons. The molecule has 0 bridgehead atoms. The van der Waals surface area contributed by atoms with Gasteiger partial charge in [-0.2, -0.15) is 10.2 Å². The van der Waals surface area contributed by atoms with Gasteiger partial charge in [-0.25, -0.2) is 4.68 Å². The Bertz CT molecular complexity index is 1480. The van der Waals surface area contributed by atoms with E-state index in [0.29, 0.717) is 22.9 Å². The number of amides is 2. The van der Waals surface area contributed by atoms with E-state index in [4.69, 9.17) is 0 Å². The monoisotopic (exact) mass is 468 g/mol. The Morgan fingerprint density at radius 3 is 2.17 bits per heavy atom. The first-order valence-electron chi connectivity index (χ1n) is 10.6. The van der Waals surface area contributed by atoms with Gasteiger partial charge in [0.1, 0.15) is 0 Å². The molecule has 0 atom stereocenters. The van der Waals surface area contributed by atoms with E-state index in [1.807, 2.05) is 30.3 Å². The number of hydrogen-bond acceptors (Lipinski definition) is 7. The second-order valence-corrected chi connectivity index (χ2v) is 7.60. The summed E-state index contributed by atoms with van der Waals surface area (Å²) >= 11 is 0. The molecule has 2 N–H and O–H groups in total. The van der Waals surface area contributed by atoms with Crippen molar-refractivity contribution in [2.24, 2.45) is 7.05 Å². The Hall–Kier alpha value is -5.13. The molecule has 2 amide bonds. The minimum absolute atomic E-state index is 0.197. The smallest absolute Gasteiger partial charge is 0.276 e. The predicted octanol–water partition coefficient (Wildman–Crippen LogP) is 2.28. The van der Waals surface area contributed by atoms with Crippen molar-refractivity contribution >= 4 is 23.2 Å². The third kappa shape index (κ3) is 5.11. The van der Waals surface area contributed by atoms with Crippen molar-refractivity contribution in [3.63, 3.8) is 0 Å². The van der Waals surface area contributed by atoms with E-state index in [1.165, 1.54) is 9.48 Å². The molecule has 5 aromatic rings. The molecule has 0 saturated heterocycles. The summed E-state index contributed by atoms with van der Waals surface area (Å²) < 4.78 is 3.08. The first-order valence-corrected chi connectivity index (χ1v) is 10.6. The van der Waals surface area contributed by atoms with Gasteiger partial charge >= 0.3 is 0 Å². The third-order valence-corrected chi connectivity index (χ3v) is 4.95. The fourth-order valence-electron chi connectivity index (χ4n) is 3.30. The highest BCUT2D eigenvalue weighted by atomic mass is 16.2. The maximum absolute atomic E-state index is 12.7. The Morgan fingerprint density at radius 2 is 1.49 bits per heavy atom. The average molecular weight is 468 g/mol. The van der Waals surface area contributed by atoms with Crippen LogP contribution in [0.25, 0.3) is 11.4 Å². The van der Waals surface area contributed by atoms with E-state index in [0.717, 1.165) is 5.56 Å². The van der Waals surface area contributed by atoms with Gasteiger partial charge in [-0.1, -0.05) is 36.4 Å². The van der Waals surface area contributed by atoms with Crippen LogP contribution in [-0.4, -0.2) is 51.6 Å². The lowest BCUT2D eigenvalue weighted by molar-refractivity contribution is 0.101. The molecule has 174 valence electrons. The second-order valence-electron chi connectivity index (χ2n) is 7.60. The fraction of sp³-hybridized carbons (Fsp3) is 0.0870. The van der Waals surface area contributed by atoms with Gasteiger partial charge in [-0.3, -0.25) is 14.3 Å². The average Bonchev–Trinajstić information content (AvgIpc) is 3.62. The molecular formula is C23H20N10O2. The van der Waals surface area contributed by atoms with Gasteiger partial charge in [-0.05, 0) is 35.5 Å². The van der Waals surface area contributed by atoms with Crippen molar-refractivity contribution in [1.29, 1.82) is 0 Å². The second kappa shape index (κ2) is 9.39. The number of tetrazole rings is 1. The number of aryl methyl sites for hydroxylation is 1. The zero-order valence-corrected chi connectivity index (χ0v) is 18.6. The van der Waals surface area contributed by atoms with Crippen LogP contribution in [0.15, 0.2) is 79.1 Å². The summed E-state index contributed by atoms with van der Waals surface area (Å²) in [5.74, 6) is -0.232. The maximum Gasteiger partial charge on any atom is 0.276 e. The summed E-state index contributed by atoms with van der Waals surface area (Å²) in [4.78, 5) is 26.4. The van der Waals surface area contributed by atoms with Crippen LogP contribution in [0, 0.1) is 0 Å². The normalized spacial score (nSPS) is 10.8. The maximum atomic E-state index is 12.7. The van der Waals surface area contributed by atoms with E-state index in [2.05, 4.69) is 36.2 Å². The van der Waals surface area contributed by atoms with Crippen molar-refractivity contribution in [3.8, 4) is 11.4 Å². The molecule has 0 aliphatic rings. The fourth-order valence-corrected chi connectivity index (χ4v) is 3.30. The number of nitrogens with zero attached hydrogens (tertiary/aromatic N) is 8. The van der Waals surface area contributed by atoms with Crippen LogP contribution in [0.4, 0.5) is 11.4 Å². The minimum Gasteiger partial charge on any atom is -0.321 e. The van der Waals surface area contributed by atoms with Gasteiger partial charge in [0.15, 0.2) is 18.1 Å². The highest BCUT2D eigenvalue weighted by Crippen LogP contribution is 2.17. The number of nitrogens with one attached hydrogen (secondary N) is 2. The largest absolute Gasteiger partial charge is 0.321 e. The Labute approximate surface area is 199 Å². The molecule has 35 heavy (non-hydrogen) atoms. The first kappa shape index (κ1) is 21.7. The molecule has 2 aromatic carbocycles. The number of aromatic nitrogens is 8. The standard InChI is InChI=1S/C23H20N10O2/c1-31-12-10-19(27-31)22(34)24-17-8-5-9-18(14-17)25-23(35)20-11-13-32(28-20)15-33-29-21(26-30-33)16-6-3-2-4-7-16/h2-14H,15H2,1H3,(H,24,34)(H,25,35). The van der Waals surface area contributed by atoms with Crippen LogP contribution in [0.2, 0.25) is 0 Å². The molecule has 0 unspecified atom stereocenters. The lowest BCUT2D eigenvalue weighted by Crippen LogP contribution is -2.16. The number of rotatable bonds is 7. The molecule has 0 aliphatic carbocycles. The molecular weight excluding hydrogens is 448 g/mol. The van der Waals surface area contributed by atoms with Crippen LogP contribution in [0.1, 0.15) is 21.0 Å². The summed E-state index contributed by atoms with van der Waals surface area (Å²) in [7, 11) is 1.73. The third-order valence-electron chi connectivity index (χ3n) is 4.95. The topological polar surface area (TPSA) is 137 Å². The van der Waals surface area contributed by atoms with Crippen molar-refractivity contribution < 1.29 is 9.59 Å². The highest BCUT2D eigenvalue weighted by molar-refractivity contribution is 6.05. The molecule has 3 aromatic heterocycles. The number of benzene rings is 2. The Balaban J connectivity index is 1.21. The summed E-state index contributed by atoms with van der Waals surface area (Å²) in [6.45, 7) is 0.197. The van der Waals surface area contributed by atoms with E-state index >= 15 is 0 Å². The Morgan fingerprint density at radius 1 is 0.800 bits per heavy atom. The number of carbonyl (C=O) groups is 2. The zero-order chi connectivity index (χ0) is 24.2. The van der Waals surface area contributed by atoms with Crippen molar-refractivity contribution in [2.75, 3.05) is 10.6 Å². The van der Waals surface area contributed by atoms with Gasteiger partial charge < -0.3 is 10.6 Å². The first-order chi connectivity index (χ1) is 17.0. The van der Waals surface area contributed by atoms with Gasteiger partial charge in [0, 0.05) is 36.4 Å². The van der Waals surface area contributed by atoms with E-state index in [-0.39, 0.29) is 18.3 Å². The van der Waals surface area contributed by atoms with Crippen LogP contribution in [0.3, 0.4) is 0 Å².